The van der Waals surface area contributed by atoms with Crippen molar-refractivity contribution in [2.24, 2.45) is 0 Å². The summed E-state index contributed by atoms with van der Waals surface area (Å²) in [5, 5.41) is 15.2. The van der Waals surface area contributed by atoms with E-state index >= 15 is 0 Å². The number of anilines is 1. The van der Waals surface area contributed by atoms with E-state index < -0.39 is 0 Å². The molecular weight excluding hydrogens is 412 g/mol. The molecule has 0 spiro atoms. The Hall–Kier alpha value is -1.83. The summed E-state index contributed by atoms with van der Waals surface area (Å²) in [6.07, 6.45) is 0.958. The van der Waals surface area contributed by atoms with Crippen molar-refractivity contribution in [1.82, 2.24) is 14.8 Å². The topological polar surface area (TPSA) is 59.8 Å². The first-order valence-electron chi connectivity index (χ1n) is 9.11. The number of nitrogens with one attached hydrogen (secondary N) is 1. The van der Waals surface area contributed by atoms with Crippen LogP contribution < -0.4 is 5.32 Å². The number of hydrogen-bond acceptors (Lipinski definition) is 5. The maximum Gasteiger partial charge on any atom is 0.234 e. The number of carbonyl (C=O) groups is 1. The Morgan fingerprint density at radius 1 is 1.36 bits per heavy atom. The van der Waals surface area contributed by atoms with Gasteiger partial charge in [-0.15, -0.1) is 21.5 Å². The third-order valence-corrected chi connectivity index (χ3v) is 6.45. The molecule has 2 heterocycles. The lowest BCUT2D eigenvalue weighted by Crippen LogP contribution is -2.15. The summed E-state index contributed by atoms with van der Waals surface area (Å²) >= 11 is 9.10. The highest BCUT2D eigenvalue weighted by Gasteiger charge is 2.21. The van der Waals surface area contributed by atoms with Crippen LogP contribution in [0.25, 0.3) is 11.4 Å². The van der Waals surface area contributed by atoms with E-state index in [1.54, 1.807) is 29.5 Å². The van der Waals surface area contributed by atoms with Crippen molar-refractivity contribution in [1.29, 1.82) is 0 Å². The molecule has 0 aliphatic carbocycles. The first kappa shape index (κ1) is 20.9. The van der Waals surface area contributed by atoms with Crippen LogP contribution >= 0.6 is 34.7 Å². The number of hydrogen-bond donors (Lipinski definition) is 1. The lowest BCUT2D eigenvalue weighted by atomic mass is 10.1. The van der Waals surface area contributed by atoms with E-state index in [4.69, 9.17) is 11.6 Å². The highest BCUT2D eigenvalue weighted by molar-refractivity contribution is 7.99. The van der Waals surface area contributed by atoms with Crippen molar-refractivity contribution in [3.05, 3.63) is 45.1 Å². The van der Waals surface area contributed by atoms with Crippen LogP contribution in [0.2, 0.25) is 5.02 Å². The molecule has 0 aliphatic rings. The normalized spacial score (nSPS) is 11.2. The number of thiophene rings is 1. The third-order valence-electron chi connectivity index (χ3n) is 4.32. The molecule has 5 nitrogen and oxygen atoms in total. The minimum atomic E-state index is -0.104. The fourth-order valence-corrected chi connectivity index (χ4v) is 5.02. The SMILES string of the molecule is CCc1c(-c2nnc(SCC(=O)Nc3cccc(Cl)c3)n2C(C)C)csc1C. The molecule has 3 rings (SSSR count). The maximum absolute atomic E-state index is 12.3. The predicted molar refractivity (Wildman–Crippen MR) is 119 cm³/mol. The molecule has 0 saturated heterocycles. The van der Waals surface area contributed by atoms with Crippen molar-refractivity contribution in [3.63, 3.8) is 0 Å². The lowest BCUT2D eigenvalue weighted by molar-refractivity contribution is -0.113. The molecule has 0 atom stereocenters. The second-order valence-corrected chi connectivity index (χ2v) is 9.12. The Kier molecular flexibility index (Phi) is 6.80. The van der Waals surface area contributed by atoms with Gasteiger partial charge >= 0.3 is 0 Å². The van der Waals surface area contributed by atoms with Gasteiger partial charge in [0.25, 0.3) is 0 Å². The van der Waals surface area contributed by atoms with Crippen molar-refractivity contribution in [2.75, 3.05) is 11.1 Å². The summed E-state index contributed by atoms with van der Waals surface area (Å²) in [7, 11) is 0. The summed E-state index contributed by atoms with van der Waals surface area (Å²) in [4.78, 5) is 13.6. The Morgan fingerprint density at radius 2 is 2.14 bits per heavy atom. The molecule has 148 valence electrons. The molecule has 0 saturated carbocycles. The average molecular weight is 435 g/mol. The van der Waals surface area contributed by atoms with Crippen LogP contribution in [0.1, 0.15) is 37.3 Å². The summed E-state index contributed by atoms with van der Waals surface area (Å²) < 4.78 is 2.11. The zero-order chi connectivity index (χ0) is 20.3. The molecule has 8 heteroatoms. The van der Waals surface area contributed by atoms with Gasteiger partial charge in [0, 0.05) is 32.6 Å². The first-order valence-corrected chi connectivity index (χ1v) is 11.4. The highest BCUT2D eigenvalue weighted by Crippen LogP contribution is 2.34. The Bertz CT molecular complexity index is 980. The number of rotatable bonds is 7. The molecule has 1 amide bonds. The molecule has 1 aromatic carbocycles. The molecular formula is C20H23ClN4OS2. The standard InChI is InChI=1S/C20H23ClN4OS2/c1-5-16-13(4)27-10-17(16)19-23-24-20(25(19)12(2)3)28-11-18(26)22-15-8-6-7-14(21)9-15/h6-10,12H,5,11H2,1-4H3,(H,22,26). The molecule has 1 N–H and O–H groups in total. The van der Waals surface area contributed by atoms with Gasteiger partial charge in [-0.3, -0.25) is 9.36 Å². The van der Waals surface area contributed by atoms with Crippen LogP contribution in [-0.4, -0.2) is 26.4 Å². The Morgan fingerprint density at radius 3 is 2.82 bits per heavy atom. The minimum absolute atomic E-state index is 0.104. The molecule has 0 unspecified atom stereocenters. The average Bonchev–Trinajstić information content (AvgIpc) is 3.22. The van der Waals surface area contributed by atoms with Gasteiger partial charge < -0.3 is 5.32 Å². The van der Waals surface area contributed by atoms with E-state index in [0.29, 0.717) is 10.7 Å². The second-order valence-electron chi connectivity index (χ2n) is 6.65. The van der Waals surface area contributed by atoms with E-state index in [1.165, 1.54) is 22.2 Å². The van der Waals surface area contributed by atoms with E-state index in [2.05, 4.69) is 53.2 Å². The largest absolute Gasteiger partial charge is 0.325 e. The van der Waals surface area contributed by atoms with Crippen molar-refractivity contribution < 1.29 is 4.79 Å². The van der Waals surface area contributed by atoms with Gasteiger partial charge in [0.2, 0.25) is 5.91 Å². The lowest BCUT2D eigenvalue weighted by Gasteiger charge is -2.14. The van der Waals surface area contributed by atoms with Crippen LogP contribution in [0.3, 0.4) is 0 Å². The summed E-state index contributed by atoms with van der Waals surface area (Å²) in [5.41, 5.74) is 3.14. The van der Waals surface area contributed by atoms with E-state index in [-0.39, 0.29) is 17.7 Å². The summed E-state index contributed by atoms with van der Waals surface area (Å²) in [6, 6.07) is 7.31. The molecule has 0 radical (unpaired) electrons. The van der Waals surface area contributed by atoms with Gasteiger partial charge in [-0.25, -0.2) is 0 Å². The number of aromatic nitrogens is 3. The van der Waals surface area contributed by atoms with Crippen LogP contribution in [0.4, 0.5) is 5.69 Å². The minimum Gasteiger partial charge on any atom is -0.325 e. The third kappa shape index (κ3) is 4.59. The molecule has 0 bridgehead atoms. The van der Waals surface area contributed by atoms with Gasteiger partial charge in [0.1, 0.15) is 0 Å². The molecule has 0 aliphatic heterocycles. The van der Waals surface area contributed by atoms with Gasteiger partial charge in [0.15, 0.2) is 11.0 Å². The van der Waals surface area contributed by atoms with Crippen LogP contribution in [0.5, 0.6) is 0 Å². The summed E-state index contributed by atoms with van der Waals surface area (Å²) in [5.74, 6) is 1.02. The predicted octanol–water partition coefficient (Wildman–Crippen LogP) is 5.84. The number of halogens is 1. The van der Waals surface area contributed by atoms with E-state index in [9.17, 15) is 4.79 Å². The molecule has 0 fully saturated rings. The molecule has 2 aromatic heterocycles. The van der Waals surface area contributed by atoms with Crippen molar-refractivity contribution >= 4 is 46.3 Å². The quantitative estimate of drug-likeness (QED) is 0.474. The van der Waals surface area contributed by atoms with Gasteiger partial charge in [0.05, 0.1) is 5.75 Å². The number of amides is 1. The highest BCUT2D eigenvalue weighted by atomic mass is 35.5. The zero-order valence-electron chi connectivity index (χ0n) is 16.3. The Labute approximate surface area is 178 Å². The van der Waals surface area contributed by atoms with Crippen molar-refractivity contribution in [3.8, 4) is 11.4 Å². The van der Waals surface area contributed by atoms with Crippen LogP contribution in [0.15, 0.2) is 34.8 Å². The number of nitrogens with zero attached hydrogens (tertiary/aromatic N) is 3. The van der Waals surface area contributed by atoms with Gasteiger partial charge in [-0.1, -0.05) is 36.4 Å². The summed E-state index contributed by atoms with van der Waals surface area (Å²) in [6.45, 7) is 8.50. The first-order chi connectivity index (χ1) is 13.4. The van der Waals surface area contributed by atoms with Gasteiger partial charge in [-0.05, 0) is 51.0 Å². The van der Waals surface area contributed by atoms with Crippen molar-refractivity contribution in [2.45, 2.75) is 45.3 Å². The fourth-order valence-electron chi connectivity index (χ4n) is 3.02. The number of carbonyl (C=O) groups excluding carboxylic acids is 1. The maximum atomic E-state index is 12.3. The molecule has 28 heavy (non-hydrogen) atoms. The number of benzene rings is 1. The second kappa shape index (κ2) is 9.11. The van der Waals surface area contributed by atoms with E-state index in [0.717, 1.165) is 23.0 Å². The fraction of sp³-hybridized carbons (Fsp3) is 0.350. The number of thioether (sulfide) groups is 1. The van der Waals surface area contributed by atoms with Crippen LogP contribution in [-0.2, 0) is 11.2 Å². The monoisotopic (exact) mass is 434 g/mol. The smallest absolute Gasteiger partial charge is 0.234 e. The van der Waals surface area contributed by atoms with Crippen LogP contribution in [0, 0.1) is 6.92 Å². The Balaban J connectivity index is 1.77. The zero-order valence-corrected chi connectivity index (χ0v) is 18.7. The van der Waals surface area contributed by atoms with E-state index in [1.807, 2.05) is 6.07 Å². The molecule has 3 aromatic rings. The van der Waals surface area contributed by atoms with Gasteiger partial charge in [-0.2, -0.15) is 0 Å². The number of aryl methyl sites for hydroxylation is 1.